The summed E-state index contributed by atoms with van der Waals surface area (Å²) in [5.74, 6) is -0.0578. The molecule has 0 atom stereocenters. The number of carbonyl (C=O) groups is 2. The zero-order chi connectivity index (χ0) is 16.1. The molecule has 1 aromatic heterocycles. The lowest BCUT2D eigenvalue weighted by molar-refractivity contribution is -0.130. The highest BCUT2D eigenvalue weighted by molar-refractivity contribution is 5.92. The second-order valence-corrected chi connectivity index (χ2v) is 5.67. The molecule has 1 aliphatic rings. The topological polar surface area (TPSA) is 67.2 Å². The molecule has 1 saturated heterocycles. The van der Waals surface area contributed by atoms with Crippen LogP contribution in [0.1, 0.15) is 36.2 Å². The lowest BCUT2D eigenvalue weighted by atomic mass is 10.2. The van der Waals surface area contributed by atoms with Gasteiger partial charge in [0, 0.05) is 50.4 Å². The maximum Gasteiger partial charge on any atom is 0.244 e. The molecule has 0 radical (unpaired) electrons. The van der Waals surface area contributed by atoms with Crippen molar-refractivity contribution in [1.82, 2.24) is 20.0 Å². The number of nitrogens with one attached hydrogen (secondary N) is 1. The maximum absolute atomic E-state index is 11.8. The summed E-state index contributed by atoms with van der Waals surface area (Å²) in [6.45, 7) is 5.97. The molecule has 0 aromatic carbocycles. The minimum atomic E-state index is -0.183. The number of carbonyl (C=O) groups excluding carboxylic acids is 2. The van der Waals surface area contributed by atoms with E-state index in [2.05, 4.69) is 10.4 Å². The van der Waals surface area contributed by atoms with E-state index >= 15 is 0 Å². The average Bonchev–Trinajstić information content (AvgIpc) is 3.08. The SMILES string of the molecule is Cc1nn(C)c(C)c1/C=C/C(=O)NCCC(=O)N1CCCC1. The minimum Gasteiger partial charge on any atom is -0.352 e. The zero-order valence-electron chi connectivity index (χ0n) is 13.6. The van der Waals surface area contributed by atoms with E-state index < -0.39 is 0 Å². The van der Waals surface area contributed by atoms with Crippen molar-refractivity contribution in [2.45, 2.75) is 33.1 Å². The molecule has 2 rings (SSSR count). The molecule has 6 nitrogen and oxygen atoms in total. The molecule has 120 valence electrons. The molecule has 2 heterocycles. The van der Waals surface area contributed by atoms with E-state index in [1.807, 2.05) is 25.8 Å². The number of aromatic nitrogens is 2. The van der Waals surface area contributed by atoms with Crippen LogP contribution in [0, 0.1) is 13.8 Å². The average molecular weight is 304 g/mol. The lowest BCUT2D eigenvalue weighted by Gasteiger charge is -2.14. The van der Waals surface area contributed by atoms with Gasteiger partial charge in [-0.3, -0.25) is 14.3 Å². The quantitative estimate of drug-likeness (QED) is 0.831. The van der Waals surface area contributed by atoms with E-state index in [1.54, 1.807) is 10.8 Å². The van der Waals surface area contributed by atoms with Crippen molar-refractivity contribution in [3.05, 3.63) is 23.0 Å². The van der Waals surface area contributed by atoms with Gasteiger partial charge in [0.15, 0.2) is 0 Å². The fourth-order valence-electron chi connectivity index (χ4n) is 2.67. The van der Waals surface area contributed by atoms with Crippen molar-refractivity contribution in [3.63, 3.8) is 0 Å². The standard InChI is InChI=1S/C16H24N4O2/c1-12-14(13(2)19(3)18-12)6-7-15(21)17-9-8-16(22)20-10-4-5-11-20/h6-7H,4-5,8-11H2,1-3H3,(H,17,21)/b7-6+. The molecule has 22 heavy (non-hydrogen) atoms. The lowest BCUT2D eigenvalue weighted by Crippen LogP contribution is -2.32. The summed E-state index contributed by atoms with van der Waals surface area (Å²) in [5.41, 5.74) is 2.88. The van der Waals surface area contributed by atoms with Gasteiger partial charge in [-0.1, -0.05) is 0 Å². The van der Waals surface area contributed by atoms with Crippen LogP contribution >= 0.6 is 0 Å². The Kier molecular flexibility index (Phi) is 5.35. The predicted molar refractivity (Wildman–Crippen MR) is 85.2 cm³/mol. The van der Waals surface area contributed by atoms with Crippen molar-refractivity contribution in [3.8, 4) is 0 Å². The monoisotopic (exact) mass is 304 g/mol. The van der Waals surface area contributed by atoms with Crippen LogP contribution in [0.25, 0.3) is 6.08 Å². The number of nitrogens with zero attached hydrogens (tertiary/aromatic N) is 3. The molecular weight excluding hydrogens is 280 g/mol. The molecule has 2 amide bonds. The Morgan fingerprint density at radius 1 is 1.27 bits per heavy atom. The van der Waals surface area contributed by atoms with E-state index in [9.17, 15) is 9.59 Å². The molecule has 0 saturated carbocycles. The van der Waals surface area contributed by atoms with E-state index in [0.29, 0.717) is 13.0 Å². The number of amides is 2. The van der Waals surface area contributed by atoms with Crippen LogP contribution in [0.4, 0.5) is 0 Å². The van der Waals surface area contributed by atoms with Gasteiger partial charge in [0.1, 0.15) is 0 Å². The van der Waals surface area contributed by atoms with Crippen LogP contribution in [-0.4, -0.2) is 46.1 Å². The number of aryl methyl sites for hydroxylation is 2. The van der Waals surface area contributed by atoms with E-state index in [1.165, 1.54) is 6.08 Å². The third kappa shape index (κ3) is 3.96. The van der Waals surface area contributed by atoms with Crippen LogP contribution < -0.4 is 5.32 Å². The highest BCUT2D eigenvalue weighted by atomic mass is 16.2. The van der Waals surface area contributed by atoms with Crippen LogP contribution in [0.5, 0.6) is 0 Å². The Labute approximate surface area is 131 Å². The Morgan fingerprint density at radius 3 is 2.55 bits per heavy atom. The normalized spacial score (nSPS) is 14.8. The van der Waals surface area contributed by atoms with Crippen LogP contribution in [0.15, 0.2) is 6.08 Å². The third-order valence-electron chi connectivity index (χ3n) is 4.06. The maximum atomic E-state index is 11.8. The highest BCUT2D eigenvalue weighted by Gasteiger charge is 2.17. The highest BCUT2D eigenvalue weighted by Crippen LogP contribution is 2.13. The third-order valence-corrected chi connectivity index (χ3v) is 4.06. The summed E-state index contributed by atoms with van der Waals surface area (Å²) < 4.78 is 1.79. The Bertz CT molecular complexity index is 583. The van der Waals surface area contributed by atoms with Crippen molar-refractivity contribution in [1.29, 1.82) is 0 Å². The van der Waals surface area contributed by atoms with Crippen molar-refractivity contribution >= 4 is 17.9 Å². The summed E-state index contributed by atoms with van der Waals surface area (Å²) in [4.78, 5) is 25.5. The first-order chi connectivity index (χ1) is 10.5. The summed E-state index contributed by atoms with van der Waals surface area (Å²) >= 11 is 0. The van der Waals surface area contributed by atoms with Gasteiger partial charge in [0.05, 0.1) is 5.69 Å². The van der Waals surface area contributed by atoms with Gasteiger partial charge < -0.3 is 10.2 Å². The Morgan fingerprint density at radius 2 is 1.95 bits per heavy atom. The fourth-order valence-corrected chi connectivity index (χ4v) is 2.67. The van der Waals surface area contributed by atoms with E-state index in [4.69, 9.17) is 0 Å². The second-order valence-electron chi connectivity index (χ2n) is 5.67. The van der Waals surface area contributed by atoms with Gasteiger partial charge >= 0.3 is 0 Å². The molecular formula is C16H24N4O2. The van der Waals surface area contributed by atoms with Gasteiger partial charge in [-0.15, -0.1) is 0 Å². The molecule has 1 aliphatic heterocycles. The first kappa shape index (κ1) is 16.3. The first-order valence-electron chi connectivity index (χ1n) is 7.73. The second kappa shape index (κ2) is 7.24. The first-order valence-corrected chi connectivity index (χ1v) is 7.73. The summed E-state index contributed by atoms with van der Waals surface area (Å²) in [5, 5.41) is 7.05. The summed E-state index contributed by atoms with van der Waals surface area (Å²) in [7, 11) is 1.88. The number of rotatable bonds is 5. The summed E-state index contributed by atoms with van der Waals surface area (Å²) in [6.07, 6.45) is 5.81. The van der Waals surface area contributed by atoms with Gasteiger partial charge in [0.25, 0.3) is 0 Å². The van der Waals surface area contributed by atoms with Crippen LogP contribution in [0.3, 0.4) is 0 Å². The number of likely N-dealkylation sites (tertiary alicyclic amines) is 1. The molecule has 1 aromatic rings. The van der Waals surface area contributed by atoms with Gasteiger partial charge in [-0.05, 0) is 32.8 Å². The number of hydrogen-bond acceptors (Lipinski definition) is 3. The molecule has 0 spiro atoms. The van der Waals surface area contributed by atoms with Crippen LogP contribution in [0.2, 0.25) is 0 Å². The predicted octanol–water partition coefficient (Wildman–Crippen LogP) is 1.18. The van der Waals surface area contributed by atoms with E-state index in [-0.39, 0.29) is 11.8 Å². The van der Waals surface area contributed by atoms with Crippen molar-refractivity contribution < 1.29 is 9.59 Å². The van der Waals surface area contributed by atoms with Gasteiger partial charge in [0.2, 0.25) is 11.8 Å². The van der Waals surface area contributed by atoms with Crippen LogP contribution in [-0.2, 0) is 16.6 Å². The largest absolute Gasteiger partial charge is 0.352 e. The van der Waals surface area contributed by atoms with Gasteiger partial charge in [-0.2, -0.15) is 5.10 Å². The Hall–Kier alpha value is -2.11. The smallest absolute Gasteiger partial charge is 0.244 e. The molecule has 0 bridgehead atoms. The van der Waals surface area contributed by atoms with Crippen molar-refractivity contribution in [2.24, 2.45) is 7.05 Å². The zero-order valence-corrected chi connectivity index (χ0v) is 13.6. The molecule has 0 aliphatic carbocycles. The molecule has 1 fully saturated rings. The number of hydrogen-bond donors (Lipinski definition) is 1. The van der Waals surface area contributed by atoms with E-state index in [0.717, 1.165) is 42.9 Å². The molecule has 1 N–H and O–H groups in total. The Balaban J connectivity index is 1.78. The van der Waals surface area contributed by atoms with Gasteiger partial charge in [-0.25, -0.2) is 0 Å². The minimum absolute atomic E-state index is 0.126. The van der Waals surface area contributed by atoms with Crippen molar-refractivity contribution in [2.75, 3.05) is 19.6 Å². The molecule has 0 unspecified atom stereocenters. The fraction of sp³-hybridized carbons (Fsp3) is 0.562. The molecule has 6 heteroatoms. The summed E-state index contributed by atoms with van der Waals surface area (Å²) in [6, 6.07) is 0.